The van der Waals surface area contributed by atoms with Gasteiger partial charge in [-0.25, -0.2) is 0 Å². The van der Waals surface area contributed by atoms with Crippen molar-refractivity contribution in [1.82, 2.24) is 0 Å². The highest BCUT2D eigenvalue weighted by molar-refractivity contribution is 7.99. The second-order valence-corrected chi connectivity index (χ2v) is 6.74. The van der Waals surface area contributed by atoms with Crippen molar-refractivity contribution in [2.75, 3.05) is 11.5 Å². The van der Waals surface area contributed by atoms with Gasteiger partial charge in [0, 0.05) is 9.79 Å². The van der Waals surface area contributed by atoms with Crippen LogP contribution in [0.5, 0.6) is 0 Å². The fourth-order valence-electron chi connectivity index (χ4n) is 1.72. The van der Waals surface area contributed by atoms with Crippen molar-refractivity contribution in [2.24, 2.45) is 10.2 Å². The number of hydrogen-bond donors (Lipinski definition) is 0. The summed E-state index contributed by atoms with van der Waals surface area (Å²) < 4.78 is 0. The first-order valence-electron chi connectivity index (χ1n) is 6.69. The van der Waals surface area contributed by atoms with Gasteiger partial charge in [-0.05, 0) is 47.9 Å². The molecule has 0 bridgehead atoms. The Balaban J connectivity index is 2.12. The number of azo groups is 1. The van der Waals surface area contributed by atoms with Gasteiger partial charge in [-0.15, -0.1) is 23.5 Å². The van der Waals surface area contributed by atoms with Gasteiger partial charge in [-0.2, -0.15) is 10.2 Å². The van der Waals surface area contributed by atoms with Crippen LogP contribution in [0.15, 0.2) is 68.6 Å². The van der Waals surface area contributed by atoms with Crippen molar-refractivity contribution in [2.45, 2.75) is 23.6 Å². The van der Waals surface area contributed by atoms with Crippen molar-refractivity contribution < 1.29 is 0 Å². The maximum absolute atomic E-state index is 4.32. The van der Waals surface area contributed by atoms with Crippen LogP contribution >= 0.6 is 23.5 Å². The number of hydrogen-bond acceptors (Lipinski definition) is 4. The Hall–Kier alpha value is -1.26. The standard InChI is InChI=1S/C16H18N2S2/c1-3-19-15-9-5-7-13(11-15)17-18-14-8-6-10-16(12-14)20-4-2/h5-12H,3-4H2,1-2H3. The van der Waals surface area contributed by atoms with E-state index in [1.54, 1.807) is 0 Å². The molecule has 2 nitrogen and oxygen atoms in total. The fraction of sp³-hybridized carbons (Fsp3) is 0.250. The van der Waals surface area contributed by atoms with Gasteiger partial charge in [0.15, 0.2) is 0 Å². The third kappa shape index (κ3) is 4.69. The van der Waals surface area contributed by atoms with Crippen LogP contribution in [0.25, 0.3) is 0 Å². The average molecular weight is 302 g/mol. The molecule has 0 radical (unpaired) electrons. The minimum Gasteiger partial charge on any atom is -0.151 e. The minimum atomic E-state index is 0.900. The summed E-state index contributed by atoms with van der Waals surface area (Å²) in [5, 5.41) is 8.65. The summed E-state index contributed by atoms with van der Waals surface area (Å²) in [7, 11) is 0. The Bertz CT molecular complexity index is 531. The molecular formula is C16H18N2S2. The maximum atomic E-state index is 4.32. The Morgan fingerprint density at radius 2 is 1.20 bits per heavy atom. The second-order valence-electron chi connectivity index (χ2n) is 4.06. The van der Waals surface area contributed by atoms with Crippen LogP contribution in [0.1, 0.15) is 13.8 Å². The van der Waals surface area contributed by atoms with Crippen LogP contribution in [0.4, 0.5) is 11.4 Å². The topological polar surface area (TPSA) is 24.7 Å². The van der Waals surface area contributed by atoms with E-state index in [4.69, 9.17) is 0 Å². The van der Waals surface area contributed by atoms with Crippen LogP contribution in [-0.4, -0.2) is 11.5 Å². The molecule has 0 heterocycles. The summed E-state index contributed by atoms with van der Waals surface area (Å²) in [5.41, 5.74) is 1.80. The molecule has 0 unspecified atom stereocenters. The van der Waals surface area contributed by atoms with Crippen LogP contribution in [0.2, 0.25) is 0 Å². The third-order valence-corrected chi connectivity index (χ3v) is 4.29. The van der Waals surface area contributed by atoms with Gasteiger partial charge in [-0.3, -0.25) is 0 Å². The summed E-state index contributed by atoms with van der Waals surface area (Å²) in [6.45, 7) is 4.30. The molecule has 2 aromatic carbocycles. The molecule has 0 aliphatic rings. The highest BCUT2D eigenvalue weighted by atomic mass is 32.2. The lowest BCUT2D eigenvalue weighted by atomic mass is 10.3. The molecule has 0 amide bonds. The molecule has 2 aromatic rings. The largest absolute Gasteiger partial charge is 0.151 e. The Morgan fingerprint density at radius 3 is 1.60 bits per heavy atom. The zero-order chi connectivity index (χ0) is 14.2. The average Bonchev–Trinajstić information content (AvgIpc) is 2.47. The molecule has 0 aromatic heterocycles. The second kappa shape index (κ2) is 8.12. The predicted octanol–water partition coefficient (Wildman–Crippen LogP) is 6.33. The summed E-state index contributed by atoms with van der Waals surface area (Å²) in [6.07, 6.45) is 0. The molecule has 2 rings (SSSR count). The predicted molar refractivity (Wildman–Crippen MR) is 89.9 cm³/mol. The highest BCUT2D eigenvalue weighted by Crippen LogP contribution is 2.26. The lowest BCUT2D eigenvalue weighted by Crippen LogP contribution is -1.73. The molecule has 0 aliphatic heterocycles. The first kappa shape index (κ1) is 15.1. The van der Waals surface area contributed by atoms with Crippen molar-refractivity contribution >= 4 is 34.9 Å². The monoisotopic (exact) mass is 302 g/mol. The summed E-state index contributed by atoms with van der Waals surface area (Å²) in [4.78, 5) is 2.47. The zero-order valence-electron chi connectivity index (χ0n) is 11.7. The van der Waals surface area contributed by atoms with Crippen LogP contribution in [0.3, 0.4) is 0 Å². The van der Waals surface area contributed by atoms with E-state index in [0.29, 0.717) is 0 Å². The van der Waals surface area contributed by atoms with Crippen LogP contribution < -0.4 is 0 Å². The quantitative estimate of drug-likeness (QED) is 0.460. The Morgan fingerprint density at radius 1 is 0.750 bits per heavy atom. The van der Waals surface area contributed by atoms with E-state index in [0.717, 1.165) is 22.9 Å². The first-order valence-corrected chi connectivity index (χ1v) is 8.66. The van der Waals surface area contributed by atoms with Crippen LogP contribution in [0, 0.1) is 0 Å². The van der Waals surface area contributed by atoms with E-state index in [1.165, 1.54) is 9.79 Å². The van der Waals surface area contributed by atoms with Gasteiger partial charge in [-0.1, -0.05) is 26.0 Å². The van der Waals surface area contributed by atoms with Crippen molar-refractivity contribution in [3.05, 3.63) is 48.5 Å². The van der Waals surface area contributed by atoms with E-state index in [2.05, 4.69) is 48.3 Å². The highest BCUT2D eigenvalue weighted by Gasteiger charge is 1.96. The molecule has 0 atom stereocenters. The minimum absolute atomic E-state index is 0.900. The van der Waals surface area contributed by atoms with E-state index in [-0.39, 0.29) is 0 Å². The lowest BCUT2D eigenvalue weighted by Gasteiger charge is -2.00. The molecular weight excluding hydrogens is 284 g/mol. The summed E-state index contributed by atoms with van der Waals surface area (Å²) in [5.74, 6) is 2.13. The first-order chi connectivity index (χ1) is 9.81. The molecule has 0 N–H and O–H groups in total. The SMILES string of the molecule is CCSc1cccc(N=Nc2cccc(SCC)c2)c1. The fourth-order valence-corrected chi connectivity index (χ4v) is 3.14. The molecule has 0 spiro atoms. The lowest BCUT2D eigenvalue weighted by molar-refractivity contribution is 1.21. The van der Waals surface area contributed by atoms with E-state index in [9.17, 15) is 0 Å². The van der Waals surface area contributed by atoms with E-state index < -0.39 is 0 Å². The van der Waals surface area contributed by atoms with Gasteiger partial charge in [0.25, 0.3) is 0 Å². The maximum Gasteiger partial charge on any atom is 0.0868 e. The molecule has 104 valence electrons. The number of rotatable bonds is 6. The van der Waals surface area contributed by atoms with Crippen LogP contribution in [-0.2, 0) is 0 Å². The number of thioether (sulfide) groups is 2. The molecule has 0 saturated carbocycles. The molecule has 0 fully saturated rings. The van der Waals surface area contributed by atoms with Crippen molar-refractivity contribution in [1.29, 1.82) is 0 Å². The normalized spacial score (nSPS) is 11.1. The summed E-state index contributed by atoms with van der Waals surface area (Å²) in [6, 6.07) is 16.4. The van der Waals surface area contributed by atoms with Gasteiger partial charge in [0.2, 0.25) is 0 Å². The third-order valence-electron chi connectivity index (χ3n) is 2.54. The smallest absolute Gasteiger partial charge is 0.0868 e. The van der Waals surface area contributed by atoms with E-state index >= 15 is 0 Å². The van der Waals surface area contributed by atoms with Crippen molar-refractivity contribution in [3.8, 4) is 0 Å². The molecule has 20 heavy (non-hydrogen) atoms. The number of benzene rings is 2. The van der Waals surface area contributed by atoms with Gasteiger partial charge in [0.05, 0.1) is 11.4 Å². The zero-order valence-corrected chi connectivity index (χ0v) is 13.4. The van der Waals surface area contributed by atoms with Gasteiger partial charge < -0.3 is 0 Å². The summed E-state index contributed by atoms with van der Waals surface area (Å²) >= 11 is 3.63. The molecule has 0 saturated heterocycles. The Kier molecular flexibility index (Phi) is 6.15. The Labute approximate surface area is 129 Å². The molecule has 4 heteroatoms. The number of nitrogens with zero attached hydrogens (tertiary/aromatic N) is 2. The molecule has 0 aliphatic carbocycles. The van der Waals surface area contributed by atoms with Gasteiger partial charge in [0.1, 0.15) is 0 Å². The van der Waals surface area contributed by atoms with Crippen molar-refractivity contribution in [3.63, 3.8) is 0 Å². The van der Waals surface area contributed by atoms with E-state index in [1.807, 2.05) is 47.8 Å². The van der Waals surface area contributed by atoms with Gasteiger partial charge >= 0.3 is 0 Å².